The number of aliphatic hydroxyl groups is 1. The zero-order chi connectivity index (χ0) is 11.5. The number of aliphatic hydroxyl groups excluding tert-OH is 1. The molecule has 1 saturated heterocycles. The van der Waals surface area contributed by atoms with Crippen molar-refractivity contribution < 1.29 is 9.84 Å². The third-order valence-electron chi connectivity index (χ3n) is 3.88. The predicted molar refractivity (Wildman–Crippen MR) is 66.4 cm³/mol. The molecule has 2 heteroatoms. The Balaban J connectivity index is 2.02. The first-order chi connectivity index (χ1) is 8.29. The quantitative estimate of drug-likeness (QED) is 0.733. The highest BCUT2D eigenvalue weighted by atomic mass is 16.5. The van der Waals surface area contributed by atoms with Crippen LogP contribution in [0.25, 0.3) is 11.6 Å². The molecule has 2 aliphatic carbocycles. The Morgan fingerprint density at radius 2 is 2.06 bits per heavy atom. The van der Waals surface area contributed by atoms with Gasteiger partial charge in [0.15, 0.2) is 0 Å². The van der Waals surface area contributed by atoms with Crippen molar-refractivity contribution >= 4 is 11.6 Å². The molecule has 84 valence electrons. The molecule has 0 radical (unpaired) electrons. The molecule has 4 rings (SSSR count). The van der Waals surface area contributed by atoms with Crippen LogP contribution in [-0.2, 0) is 4.74 Å². The van der Waals surface area contributed by atoms with Crippen LogP contribution in [0.1, 0.15) is 17.5 Å². The van der Waals surface area contributed by atoms with Crippen LogP contribution in [0.3, 0.4) is 0 Å². The van der Waals surface area contributed by atoms with Crippen molar-refractivity contribution in [3.8, 4) is 0 Å². The number of benzene rings is 1. The molecule has 1 N–H and O–H groups in total. The van der Waals surface area contributed by atoms with Crippen LogP contribution in [0.2, 0.25) is 0 Å². The molecular weight excluding hydrogens is 212 g/mol. The van der Waals surface area contributed by atoms with E-state index < -0.39 is 0 Å². The molecule has 1 spiro atoms. The Bertz CT molecular complexity index is 607. The molecule has 3 aliphatic rings. The first-order valence-electron chi connectivity index (χ1n) is 5.84. The van der Waals surface area contributed by atoms with Crippen LogP contribution < -0.4 is 0 Å². The van der Waals surface area contributed by atoms with Gasteiger partial charge in [-0.1, -0.05) is 30.3 Å². The van der Waals surface area contributed by atoms with E-state index in [0.717, 1.165) is 0 Å². The van der Waals surface area contributed by atoms with Crippen LogP contribution in [0, 0.1) is 0 Å². The second kappa shape index (κ2) is 2.90. The van der Waals surface area contributed by atoms with E-state index in [1.165, 1.54) is 22.3 Å². The van der Waals surface area contributed by atoms with Gasteiger partial charge in [-0.05, 0) is 34.4 Å². The number of allylic oxidation sites excluding steroid dienone is 2. The summed E-state index contributed by atoms with van der Waals surface area (Å²) < 4.78 is 5.82. The summed E-state index contributed by atoms with van der Waals surface area (Å²) in [5, 5.41) is 9.72. The number of hydrogen-bond acceptors (Lipinski definition) is 2. The zero-order valence-electron chi connectivity index (χ0n) is 9.31. The van der Waals surface area contributed by atoms with Crippen LogP contribution >= 0.6 is 0 Å². The fraction of sp³-hybridized carbons (Fsp3) is 0.200. The van der Waals surface area contributed by atoms with Gasteiger partial charge in [0.25, 0.3) is 0 Å². The largest absolute Gasteiger partial charge is 0.512 e. The van der Waals surface area contributed by atoms with E-state index in [4.69, 9.17) is 4.74 Å². The van der Waals surface area contributed by atoms with E-state index >= 15 is 0 Å². The summed E-state index contributed by atoms with van der Waals surface area (Å²) in [6.45, 7) is 0.680. The maximum absolute atomic E-state index is 9.72. The van der Waals surface area contributed by atoms with Crippen LogP contribution in [0.5, 0.6) is 0 Å². The highest BCUT2D eigenvalue weighted by Gasteiger charge is 2.50. The lowest BCUT2D eigenvalue weighted by Gasteiger charge is -2.50. The van der Waals surface area contributed by atoms with E-state index in [0.29, 0.717) is 18.8 Å². The Kier molecular flexibility index (Phi) is 1.58. The fourth-order valence-electron chi connectivity index (χ4n) is 2.99. The van der Waals surface area contributed by atoms with Crippen molar-refractivity contribution in [1.29, 1.82) is 0 Å². The molecular formula is C15H12O2. The average Bonchev–Trinajstić information content (AvgIpc) is 2.34. The van der Waals surface area contributed by atoms with Crippen molar-refractivity contribution in [2.45, 2.75) is 12.0 Å². The lowest BCUT2D eigenvalue weighted by Crippen LogP contribution is -2.50. The van der Waals surface area contributed by atoms with Crippen molar-refractivity contribution in [3.63, 3.8) is 0 Å². The molecule has 0 saturated carbocycles. The lowest BCUT2D eigenvalue weighted by atomic mass is 9.69. The van der Waals surface area contributed by atoms with Gasteiger partial charge in [-0.3, -0.25) is 0 Å². The summed E-state index contributed by atoms with van der Waals surface area (Å²) in [5.41, 5.74) is 4.58. The highest BCUT2D eigenvalue weighted by molar-refractivity contribution is 5.90. The van der Waals surface area contributed by atoms with Gasteiger partial charge in [0.2, 0.25) is 0 Å². The summed E-state index contributed by atoms with van der Waals surface area (Å²) in [4.78, 5) is 0. The highest BCUT2D eigenvalue weighted by Crippen LogP contribution is 2.53. The first kappa shape index (κ1) is 9.25. The topological polar surface area (TPSA) is 29.5 Å². The second-order valence-electron chi connectivity index (χ2n) is 4.79. The van der Waals surface area contributed by atoms with Crippen LogP contribution in [0.15, 0.2) is 47.7 Å². The minimum Gasteiger partial charge on any atom is -0.512 e. The molecule has 1 aromatic rings. The first-order valence-corrected chi connectivity index (χ1v) is 5.84. The number of rotatable bonds is 0. The monoisotopic (exact) mass is 224 g/mol. The van der Waals surface area contributed by atoms with Crippen LogP contribution in [0.4, 0.5) is 0 Å². The minimum atomic E-state index is -0.368. The summed E-state index contributed by atoms with van der Waals surface area (Å²) >= 11 is 0. The molecule has 2 nitrogen and oxygen atoms in total. The van der Waals surface area contributed by atoms with Gasteiger partial charge >= 0.3 is 0 Å². The standard InChI is InChI=1S/C15H12O2/c16-12-5-6-14-13-4-2-1-3-10(13)7-11-9-17-15(11,14)8-12/h1-7,16H,8-9H2. The SMILES string of the molecule is OC1=CC=C2c3ccccc3C=C3COC32C1. The van der Waals surface area contributed by atoms with Crippen molar-refractivity contribution in [2.75, 3.05) is 6.61 Å². The molecule has 1 unspecified atom stereocenters. The van der Waals surface area contributed by atoms with Crippen molar-refractivity contribution in [3.05, 3.63) is 58.9 Å². The summed E-state index contributed by atoms with van der Waals surface area (Å²) in [6, 6.07) is 8.35. The minimum absolute atomic E-state index is 0.368. The Morgan fingerprint density at radius 1 is 1.18 bits per heavy atom. The Hall–Kier alpha value is -1.80. The van der Waals surface area contributed by atoms with Gasteiger partial charge in [0, 0.05) is 6.42 Å². The van der Waals surface area contributed by atoms with Crippen LogP contribution in [-0.4, -0.2) is 17.3 Å². The second-order valence-corrected chi connectivity index (χ2v) is 4.79. The molecule has 1 aliphatic heterocycles. The summed E-state index contributed by atoms with van der Waals surface area (Å²) in [5.74, 6) is 0.402. The molecule has 1 fully saturated rings. The van der Waals surface area contributed by atoms with Gasteiger partial charge in [-0.25, -0.2) is 0 Å². The third kappa shape index (κ3) is 1.03. The normalized spacial score (nSPS) is 28.8. The molecule has 1 heterocycles. The fourth-order valence-corrected chi connectivity index (χ4v) is 2.99. The zero-order valence-corrected chi connectivity index (χ0v) is 9.31. The molecule has 17 heavy (non-hydrogen) atoms. The van der Waals surface area contributed by atoms with Gasteiger partial charge in [0.05, 0.1) is 12.4 Å². The van der Waals surface area contributed by atoms with E-state index in [2.05, 4.69) is 24.3 Å². The van der Waals surface area contributed by atoms with E-state index in [1.807, 2.05) is 12.1 Å². The third-order valence-corrected chi connectivity index (χ3v) is 3.88. The summed E-state index contributed by atoms with van der Waals surface area (Å²) in [7, 11) is 0. The van der Waals surface area contributed by atoms with Gasteiger partial charge in [-0.15, -0.1) is 0 Å². The average molecular weight is 224 g/mol. The lowest BCUT2D eigenvalue weighted by molar-refractivity contribution is -0.0426. The van der Waals surface area contributed by atoms with Crippen molar-refractivity contribution in [2.24, 2.45) is 0 Å². The number of hydrogen-bond donors (Lipinski definition) is 1. The molecule has 0 aromatic heterocycles. The number of ether oxygens (including phenoxy) is 1. The van der Waals surface area contributed by atoms with E-state index in [1.54, 1.807) is 6.08 Å². The van der Waals surface area contributed by atoms with Gasteiger partial charge < -0.3 is 9.84 Å². The summed E-state index contributed by atoms with van der Waals surface area (Å²) in [6.07, 6.45) is 6.54. The van der Waals surface area contributed by atoms with Gasteiger partial charge in [-0.2, -0.15) is 0 Å². The Labute approximate surface area is 99.5 Å². The smallest absolute Gasteiger partial charge is 0.125 e. The van der Waals surface area contributed by atoms with E-state index in [9.17, 15) is 5.11 Å². The van der Waals surface area contributed by atoms with Gasteiger partial charge in [0.1, 0.15) is 5.60 Å². The molecule has 0 amide bonds. The molecule has 0 bridgehead atoms. The maximum atomic E-state index is 9.72. The maximum Gasteiger partial charge on any atom is 0.125 e. The Morgan fingerprint density at radius 3 is 2.88 bits per heavy atom. The van der Waals surface area contributed by atoms with Crippen molar-refractivity contribution in [1.82, 2.24) is 0 Å². The predicted octanol–water partition coefficient (Wildman–Crippen LogP) is 3.08. The molecule has 1 aromatic carbocycles. The van der Waals surface area contributed by atoms with E-state index in [-0.39, 0.29) is 5.60 Å². The number of fused-ring (bicyclic) bond motifs is 2. The molecule has 1 atom stereocenters.